The van der Waals surface area contributed by atoms with E-state index < -0.39 is 43.6 Å². The third kappa shape index (κ3) is 11.7. The average molecular weight is 1090 g/mol. The van der Waals surface area contributed by atoms with Crippen LogP contribution in [-0.4, -0.2) is 74.7 Å². The van der Waals surface area contributed by atoms with E-state index in [1.165, 1.54) is 94.6 Å². The van der Waals surface area contributed by atoms with Crippen molar-refractivity contribution in [1.29, 1.82) is 0 Å². The Morgan fingerprint density at radius 3 is 1.29 bits per heavy atom. The molecule has 2 fully saturated rings. The van der Waals surface area contributed by atoms with Gasteiger partial charge in [0.15, 0.2) is 0 Å². The van der Waals surface area contributed by atoms with Crippen LogP contribution < -0.4 is 18.1 Å². The lowest BCUT2D eigenvalue weighted by Gasteiger charge is -2.21. The van der Waals surface area contributed by atoms with Crippen molar-refractivity contribution in [1.82, 2.24) is 9.13 Å². The monoisotopic (exact) mass is 1090 g/mol. The predicted octanol–water partition coefficient (Wildman–Crippen LogP) is 11.2. The molecule has 0 atom stereocenters. The zero-order valence-electron chi connectivity index (χ0n) is 41.8. The molecule has 6 aromatic carbocycles. The first kappa shape index (κ1) is 53.5. The molecule has 77 heavy (non-hydrogen) atoms. The molecule has 0 saturated carbocycles. The first-order valence-electron chi connectivity index (χ1n) is 24.1. The third-order valence-corrected chi connectivity index (χ3v) is 16.7. The summed E-state index contributed by atoms with van der Waals surface area (Å²) in [5.74, 6) is -2.74. The summed E-state index contributed by atoms with van der Waals surface area (Å²) in [5.41, 5.74) is 6.49. The molecule has 0 bridgehead atoms. The second-order valence-electron chi connectivity index (χ2n) is 18.3. The molecule has 10 rings (SSSR count). The number of aromatic carboxylic acids is 1. The second kappa shape index (κ2) is 22.1. The molecular weight excluding hydrogens is 1040 g/mol. The van der Waals surface area contributed by atoms with Gasteiger partial charge in [-0.25, -0.2) is 44.0 Å². The van der Waals surface area contributed by atoms with Crippen LogP contribution >= 0.6 is 0 Å². The smallest absolute Gasteiger partial charge is 0.337 e. The van der Waals surface area contributed by atoms with Crippen molar-refractivity contribution in [2.75, 3.05) is 40.3 Å². The number of ether oxygens (including phenoxy) is 3. The van der Waals surface area contributed by atoms with Gasteiger partial charge < -0.3 is 28.5 Å². The number of aryl methyl sites for hydroxylation is 2. The minimum atomic E-state index is -3.55. The Morgan fingerprint density at radius 1 is 0.506 bits per heavy atom. The second-order valence-corrected chi connectivity index (χ2v) is 22.3. The first-order chi connectivity index (χ1) is 36.8. The normalized spacial score (nSPS) is 14.5. The van der Waals surface area contributed by atoms with Gasteiger partial charge >= 0.3 is 11.9 Å². The molecule has 20 heteroatoms. The lowest BCUT2D eigenvalue weighted by atomic mass is 10.1. The summed E-state index contributed by atoms with van der Waals surface area (Å²) in [6.07, 6.45) is 0.923. The minimum Gasteiger partial charge on any atom is -0.488 e. The average Bonchev–Trinajstić information content (AvgIpc) is 4.25. The van der Waals surface area contributed by atoms with E-state index in [9.17, 15) is 49.1 Å². The Kier molecular flexibility index (Phi) is 15.3. The molecule has 2 aromatic heterocycles. The van der Waals surface area contributed by atoms with Crippen LogP contribution in [0.5, 0.6) is 11.5 Å². The summed E-state index contributed by atoms with van der Waals surface area (Å²) in [7, 11) is -5.81. The van der Waals surface area contributed by atoms with Crippen LogP contribution in [0.4, 0.5) is 28.9 Å². The molecular formula is C57H50F4N4O10S2. The molecule has 2 aliphatic rings. The van der Waals surface area contributed by atoms with E-state index >= 15 is 0 Å². The number of carbonyl (C=O) groups excluding carboxylic acids is 1. The highest BCUT2D eigenvalue weighted by Crippen LogP contribution is 2.39. The fraction of sp³-hybridized carbons (Fsp3) is 0.193. The first-order valence-corrected chi connectivity index (χ1v) is 27.3. The molecule has 2 saturated heterocycles. The summed E-state index contributed by atoms with van der Waals surface area (Å²) in [6, 6.07) is 36.4. The van der Waals surface area contributed by atoms with Gasteiger partial charge in [-0.2, -0.15) is 0 Å². The van der Waals surface area contributed by atoms with Gasteiger partial charge in [0.2, 0.25) is 20.0 Å². The van der Waals surface area contributed by atoms with E-state index in [1.54, 1.807) is 69.8 Å². The maximum absolute atomic E-state index is 14.5. The van der Waals surface area contributed by atoms with Crippen LogP contribution in [0.25, 0.3) is 33.9 Å². The Balaban J connectivity index is 0.000000188. The fourth-order valence-corrected chi connectivity index (χ4v) is 12.4. The zero-order chi connectivity index (χ0) is 54.8. The highest BCUT2D eigenvalue weighted by atomic mass is 32.2. The predicted molar refractivity (Wildman–Crippen MR) is 283 cm³/mol. The highest BCUT2D eigenvalue weighted by Gasteiger charge is 2.32. The molecule has 0 aliphatic carbocycles. The topological polar surface area (TPSA) is 167 Å². The van der Waals surface area contributed by atoms with Crippen LogP contribution in [0.3, 0.4) is 0 Å². The van der Waals surface area contributed by atoms with Crippen molar-refractivity contribution in [3.63, 3.8) is 0 Å². The Bertz CT molecular complexity index is 3770. The zero-order valence-corrected chi connectivity index (χ0v) is 43.4. The number of halogens is 4. The summed E-state index contributed by atoms with van der Waals surface area (Å²) in [6.45, 7) is 4.46. The molecule has 14 nitrogen and oxygen atoms in total. The number of hydrogen-bond acceptors (Lipinski definition) is 9. The van der Waals surface area contributed by atoms with Crippen LogP contribution in [0.15, 0.2) is 146 Å². The SMILES string of the molecule is COC(=O)c1cc(N2CCCS2(=O)=O)cc(-n2c(C)ccc2-c2cc(F)ccc2OCc2ccc(F)cc2)c1.Cc1ccc(-c2cc(F)ccc2OCc2ccc(F)cc2)n1-c1cc(C(=O)O)cc(N2CCCS2(=O)=O)c1. The van der Waals surface area contributed by atoms with Crippen LogP contribution in [0.1, 0.15) is 56.1 Å². The number of carboxylic acid groups (broad SMARTS) is 1. The van der Waals surface area contributed by atoms with Gasteiger partial charge in [-0.15, -0.1) is 0 Å². The number of carbonyl (C=O) groups is 2. The maximum Gasteiger partial charge on any atom is 0.337 e. The van der Waals surface area contributed by atoms with Crippen LogP contribution in [0.2, 0.25) is 0 Å². The molecule has 2 aliphatic heterocycles. The van der Waals surface area contributed by atoms with Crippen molar-refractivity contribution in [2.24, 2.45) is 0 Å². The molecule has 4 heterocycles. The number of aromatic nitrogens is 2. The van der Waals surface area contributed by atoms with E-state index in [2.05, 4.69) is 0 Å². The highest BCUT2D eigenvalue weighted by molar-refractivity contribution is 7.93. The number of benzene rings is 6. The number of esters is 1. The Morgan fingerprint density at radius 2 is 0.896 bits per heavy atom. The Labute approximate surface area is 442 Å². The number of methoxy groups -OCH3 is 1. The van der Waals surface area contributed by atoms with E-state index in [-0.39, 0.29) is 59.7 Å². The number of hydrogen-bond donors (Lipinski definition) is 1. The molecule has 0 spiro atoms. The van der Waals surface area contributed by atoms with Gasteiger partial charge in [-0.3, -0.25) is 8.61 Å². The van der Waals surface area contributed by atoms with Crippen molar-refractivity contribution in [2.45, 2.75) is 39.9 Å². The molecule has 0 amide bonds. The molecule has 1 N–H and O–H groups in total. The van der Waals surface area contributed by atoms with Gasteiger partial charge in [-0.05, 0) is 159 Å². The lowest BCUT2D eigenvalue weighted by molar-refractivity contribution is 0.0599. The van der Waals surface area contributed by atoms with Crippen molar-refractivity contribution >= 4 is 43.4 Å². The summed E-state index contributed by atoms with van der Waals surface area (Å²) < 4.78 is 129. The van der Waals surface area contributed by atoms with Gasteiger partial charge in [0.1, 0.15) is 48.0 Å². The summed E-state index contributed by atoms with van der Waals surface area (Å²) in [4.78, 5) is 24.5. The van der Waals surface area contributed by atoms with Crippen LogP contribution in [0, 0.1) is 37.1 Å². The quantitative estimate of drug-likeness (QED) is 0.0818. The van der Waals surface area contributed by atoms with Gasteiger partial charge in [0.05, 0.1) is 52.5 Å². The number of anilines is 2. The molecule has 8 aromatic rings. The lowest BCUT2D eigenvalue weighted by Crippen LogP contribution is -2.25. The number of sulfonamides is 2. The van der Waals surface area contributed by atoms with Crippen molar-refractivity contribution in [3.05, 3.63) is 203 Å². The molecule has 398 valence electrons. The van der Waals surface area contributed by atoms with Gasteiger partial charge in [0.25, 0.3) is 0 Å². The number of nitrogens with zero attached hydrogens (tertiary/aromatic N) is 4. The molecule has 0 radical (unpaired) electrons. The van der Waals surface area contributed by atoms with Crippen molar-refractivity contribution in [3.8, 4) is 45.4 Å². The van der Waals surface area contributed by atoms with E-state index in [0.29, 0.717) is 76.2 Å². The standard InChI is InChI=1S/C29H26F2N2O5S.C28H24F2N2O5S/c1-19-4-10-27(26-16-23(31)9-11-28(26)38-18-20-5-7-22(30)8-6-20)33(19)25-15-21(29(34)37-2)14-24(17-25)32-12-3-13-39(32,35)36;1-18-3-9-26(25-15-22(30)8-10-27(25)37-17-19-4-6-21(29)7-5-19)32(18)24-14-20(28(33)34)13-23(16-24)31-11-2-12-38(31,35)36/h4-11,14-17H,3,12-13,18H2,1-2H3;3-10,13-16H,2,11-12,17H2,1H3,(H,33,34). The fourth-order valence-electron chi connectivity index (χ4n) is 9.28. The van der Waals surface area contributed by atoms with Crippen molar-refractivity contribution < 1.29 is 63.3 Å². The van der Waals surface area contributed by atoms with E-state index in [1.807, 2.05) is 19.9 Å². The number of carboxylic acids is 1. The summed E-state index contributed by atoms with van der Waals surface area (Å²) in [5, 5.41) is 9.77. The third-order valence-electron chi connectivity index (χ3n) is 13.0. The van der Waals surface area contributed by atoms with Gasteiger partial charge in [-0.1, -0.05) is 24.3 Å². The Hall–Kier alpha value is -8.36. The molecule has 0 unspecified atom stereocenters. The van der Waals surface area contributed by atoms with Gasteiger partial charge in [0, 0.05) is 47.0 Å². The minimum absolute atomic E-state index is 0.00846. The summed E-state index contributed by atoms with van der Waals surface area (Å²) >= 11 is 0. The maximum atomic E-state index is 14.5. The van der Waals surface area contributed by atoms with Crippen LogP contribution in [-0.2, 0) is 38.0 Å². The van der Waals surface area contributed by atoms with E-state index in [0.717, 1.165) is 16.8 Å². The largest absolute Gasteiger partial charge is 0.488 e. The number of rotatable bonds is 14. The van der Waals surface area contributed by atoms with E-state index in [4.69, 9.17) is 14.2 Å².